The van der Waals surface area contributed by atoms with Crippen LogP contribution in [0.5, 0.6) is 0 Å². The second kappa shape index (κ2) is 5.29. The number of aliphatic carboxylic acids is 1. The maximum Gasteiger partial charge on any atom is 0.323 e. The standard InChI is InChI=1S/C11H17N3O3/c1-2-13-4-3-12-10(13)7-14-5-6-17-8-9(14)11(15)16/h3-4,9H,2,5-8H2,1H3,(H,15,16). The van der Waals surface area contributed by atoms with Crippen LogP contribution >= 0.6 is 0 Å². The Kier molecular flexibility index (Phi) is 3.75. The fourth-order valence-corrected chi connectivity index (χ4v) is 2.02. The van der Waals surface area contributed by atoms with Crippen LogP contribution in [0.4, 0.5) is 0 Å². The minimum Gasteiger partial charge on any atom is -0.480 e. The quantitative estimate of drug-likeness (QED) is 0.812. The number of carboxylic acids is 1. The first-order valence-electron chi connectivity index (χ1n) is 5.77. The van der Waals surface area contributed by atoms with Gasteiger partial charge >= 0.3 is 5.97 Å². The van der Waals surface area contributed by atoms with Crippen LogP contribution < -0.4 is 0 Å². The van der Waals surface area contributed by atoms with Crippen LogP contribution in [0, 0.1) is 0 Å². The molecule has 6 heteroatoms. The fraction of sp³-hybridized carbons (Fsp3) is 0.636. The molecule has 1 atom stereocenters. The van der Waals surface area contributed by atoms with E-state index in [1.165, 1.54) is 0 Å². The molecule has 1 saturated heterocycles. The maximum atomic E-state index is 11.1. The number of nitrogens with zero attached hydrogens (tertiary/aromatic N) is 3. The van der Waals surface area contributed by atoms with E-state index >= 15 is 0 Å². The Morgan fingerprint density at radius 1 is 1.71 bits per heavy atom. The van der Waals surface area contributed by atoms with Crippen LogP contribution in [0.1, 0.15) is 12.7 Å². The lowest BCUT2D eigenvalue weighted by Crippen LogP contribution is -2.49. The zero-order valence-corrected chi connectivity index (χ0v) is 9.87. The Hall–Kier alpha value is -1.40. The Labute approximate surface area is 99.8 Å². The average molecular weight is 239 g/mol. The first-order chi connectivity index (χ1) is 8.22. The number of imidazole rings is 1. The second-order valence-electron chi connectivity index (χ2n) is 4.03. The maximum absolute atomic E-state index is 11.1. The predicted octanol–water partition coefficient (Wildman–Crippen LogP) is 0.188. The first kappa shape index (κ1) is 12.1. The highest BCUT2D eigenvalue weighted by Crippen LogP contribution is 2.11. The van der Waals surface area contributed by atoms with Crippen molar-refractivity contribution in [2.24, 2.45) is 0 Å². The van der Waals surface area contributed by atoms with E-state index in [4.69, 9.17) is 9.84 Å². The van der Waals surface area contributed by atoms with Gasteiger partial charge in [0.25, 0.3) is 0 Å². The van der Waals surface area contributed by atoms with E-state index in [-0.39, 0.29) is 6.61 Å². The third-order valence-corrected chi connectivity index (χ3v) is 3.01. The lowest BCUT2D eigenvalue weighted by molar-refractivity contribution is -0.150. The van der Waals surface area contributed by atoms with Gasteiger partial charge in [0.05, 0.1) is 19.8 Å². The molecule has 0 saturated carbocycles. The van der Waals surface area contributed by atoms with Gasteiger partial charge in [0.15, 0.2) is 0 Å². The van der Waals surface area contributed by atoms with Crippen LogP contribution in [-0.2, 0) is 22.6 Å². The summed E-state index contributed by atoms with van der Waals surface area (Å²) in [6, 6.07) is -0.564. The summed E-state index contributed by atoms with van der Waals surface area (Å²) in [6.45, 7) is 4.91. The van der Waals surface area contributed by atoms with Gasteiger partial charge in [-0.15, -0.1) is 0 Å². The minimum atomic E-state index is -0.834. The molecular formula is C11H17N3O3. The molecule has 1 fully saturated rings. The van der Waals surface area contributed by atoms with Crippen molar-refractivity contribution in [2.45, 2.75) is 26.1 Å². The zero-order valence-electron chi connectivity index (χ0n) is 9.87. The number of ether oxygens (including phenoxy) is 1. The molecular weight excluding hydrogens is 222 g/mol. The molecule has 94 valence electrons. The van der Waals surface area contributed by atoms with Crippen molar-refractivity contribution >= 4 is 5.97 Å². The third kappa shape index (κ3) is 2.65. The van der Waals surface area contributed by atoms with Gasteiger partial charge in [-0.2, -0.15) is 0 Å². The molecule has 17 heavy (non-hydrogen) atoms. The van der Waals surface area contributed by atoms with E-state index in [1.807, 2.05) is 22.6 Å². The fourth-order valence-electron chi connectivity index (χ4n) is 2.02. The van der Waals surface area contributed by atoms with E-state index in [1.54, 1.807) is 6.20 Å². The summed E-state index contributed by atoms with van der Waals surface area (Å²) < 4.78 is 7.22. The Bertz CT molecular complexity index is 391. The molecule has 1 aliphatic heterocycles. The molecule has 1 aliphatic rings. The van der Waals surface area contributed by atoms with Gasteiger partial charge in [0.2, 0.25) is 0 Å². The van der Waals surface area contributed by atoms with Crippen LogP contribution in [0.15, 0.2) is 12.4 Å². The van der Waals surface area contributed by atoms with Gasteiger partial charge in [-0.3, -0.25) is 9.69 Å². The minimum absolute atomic E-state index is 0.252. The van der Waals surface area contributed by atoms with Crippen molar-refractivity contribution < 1.29 is 14.6 Å². The number of morpholine rings is 1. The van der Waals surface area contributed by atoms with Crippen molar-refractivity contribution in [3.8, 4) is 0 Å². The summed E-state index contributed by atoms with van der Waals surface area (Å²) in [7, 11) is 0. The number of carboxylic acid groups (broad SMARTS) is 1. The van der Waals surface area contributed by atoms with Gasteiger partial charge in [-0.05, 0) is 6.92 Å². The number of rotatable bonds is 4. The Balaban J connectivity index is 2.08. The second-order valence-corrected chi connectivity index (χ2v) is 4.03. The highest BCUT2D eigenvalue weighted by molar-refractivity contribution is 5.73. The molecule has 1 unspecified atom stereocenters. The van der Waals surface area contributed by atoms with Crippen molar-refractivity contribution in [1.82, 2.24) is 14.5 Å². The highest BCUT2D eigenvalue weighted by Gasteiger charge is 2.29. The molecule has 0 bridgehead atoms. The predicted molar refractivity (Wildman–Crippen MR) is 60.6 cm³/mol. The normalized spacial score (nSPS) is 21.6. The summed E-state index contributed by atoms with van der Waals surface area (Å²) >= 11 is 0. The largest absolute Gasteiger partial charge is 0.480 e. The molecule has 6 nitrogen and oxygen atoms in total. The zero-order chi connectivity index (χ0) is 12.3. The van der Waals surface area contributed by atoms with Gasteiger partial charge in [-0.1, -0.05) is 0 Å². The number of hydrogen-bond donors (Lipinski definition) is 1. The molecule has 2 heterocycles. The van der Waals surface area contributed by atoms with Gasteiger partial charge in [0.1, 0.15) is 11.9 Å². The Morgan fingerprint density at radius 3 is 3.24 bits per heavy atom. The van der Waals surface area contributed by atoms with E-state index in [9.17, 15) is 4.79 Å². The molecule has 0 spiro atoms. The monoisotopic (exact) mass is 239 g/mol. The molecule has 1 N–H and O–H groups in total. The number of hydrogen-bond acceptors (Lipinski definition) is 4. The van der Waals surface area contributed by atoms with E-state index in [0.717, 1.165) is 12.4 Å². The summed E-state index contributed by atoms with van der Waals surface area (Å²) in [5, 5.41) is 9.11. The molecule has 1 aromatic rings. The molecule has 1 aromatic heterocycles. The van der Waals surface area contributed by atoms with Crippen LogP contribution in [0.2, 0.25) is 0 Å². The Morgan fingerprint density at radius 2 is 2.53 bits per heavy atom. The molecule has 0 aliphatic carbocycles. The van der Waals surface area contributed by atoms with E-state index in [2.05, 4.69) is 4.98 Å². The van der Waals surface area contributed by atoms with E-state index < -0.39 is 12.0 Å². The lowest BCUT2D eigenvalue weighted by atomic mass is 10.2. The van der Waals surface area contributed by atoms with Crippen molar-refractivity contribution in [1.29, 1.82) is 0 Å². The SMILES string of the molecule is CCn1ccnc1CN1CCOCC1C(=O)O. The number of carbonyl (C=O) groups is 1. The third-order valence-electron chi connectivity index (χ3n) is 3.01. The van der Waals surface area contributed by atoms with Crippen molar-refractivity contribution in [2.75, 3.05) is 19.8 Å². The van der Waals surface area contributed by atoms with E-state index in [0.29, 0.717) is 19.7 Å². The van der Waals surface area contributed by atoms with Crippen molar-refractivity contribution in [3.63, 3.8) is 0 Å². The van der Waals surface area contributed by atoms with Gasteiger partial charge in [-0.25, -0.2) is 4.98 Å². The summed E-state index contributed by atoms with van der Waals surface area (Å²) in [5.74, 6) is 0.0694. The number of aryl methyl sites for hydroxylation is 1. The van der Waals surface area contributed by atoms with Crippen LogP contribution in [0.3, 0.4) is 0 Å². The highest BCUT2D eigenvalue weighted by atomic mass is 16.5. The number of aromatic nitrogens is 2. The van der Waals surface area contributed by atoms with Gasteiger partial charge in [0, 0.05) is 25.5 Å². The van der Waals surface area contributed by atoms with Crippen molar-refractivity contribution in [3.05, 3.63) is 18.2 Å². The van der Waals surface area contributed by atoms with Crippen LogP contribution in [-0.4, -0.2) is 51.3 Å². The molecule has 2 rings (SSSR count). The molecule has 0 radical (unpaired) electrons. The summed E-state index contributed by atoms with van der Waals surface area (Å²) in [5.41, 5.74) is 0. The lowest BCUT2D eigenvalue weighted by Gasteiger charge is -2.32. The molecule has 0 amide bonds. The first-order valence-corrected chi connectivity index (χ1v) is 5.77. The smallest absolute Gasteiger partial charge is 0.323 e. The van der Waals surface area contributed by atoms with Crippen LogP contribution in [0.25, 0.3) is 0 Å². The summed E-state index contributed by atoms with van der Waals surface area (Å²) in [4.78, 5) is 17.3. The van der Waals surface area contributed by atoms with Gasteiger partial charge < -0.3 is 14.4 Å². The average Bonchev–Trinajstić information content (AvgIpc) is 2.77. The molecule has 0 aromatic carbocycles. The topological polar surface area (TPSA) is 67.6 Å². The summed E-state index contributed by atoms with van der Waals surface area (Å²) in [6.07, 6.45) is 3.65.